The van der Waals surface area contributed by atoms with Gasteiger partial charge in [0.05, 0.1) is 38.6 Å². The Hall–Kier alpha value is -2.51. The summed E-state index contributed by atoms with van der Waals surface area (Å²) in [6.45, 7) is 1.62. The molecule has 3 heterocycles. The van der Waals surface area contributed by atoms with Gasteiger partial charge in [-0.2, -0.15) is 0 Å². The van der Waals surface area contributed by atoms with Gasteiger partial charge in [-0.1, -0.05) is 242 Å². The molecule has 12 N–H and O–H groups in total. The van der Waals surface area contributed by atoms with Crippen LogP contribution in [0.4, 0.5) is 0 Å². The van der Waals surface area contributed by atoms with Crippen molar-refractivity contribution in [2.75, 3.05) is 26.4 Å². The number of amides is 1. The monoisotopic (exact) mass is 1270 g/mol. The maximum Gasteiger partial charge on any atom is 0.220 e. The Bertz CT molecular complexity index is 1850. The number of unbranched alkanes of at least 4 members (excludes halogenated alkanes) is 29. The predicted molar refractivity (Wildman–Crippen MR) is 346 cm³/mol. The molecule has 19 heteroatoms. The average molecular weight is 1270 g/mol. The topological polar surface area (TPSA) is 307 Å². The molecule has 0 aromatic heterocycles. The molecule has 17 unspecified atom stereocenters. The first-order valence-corrected chi connectivity index (χ1v) is 35.0. The molecule has 0 radical (unpaired) electrons. The van der Waals surface area contributed by atoms with Crippen molar-refractivity contribution in [1.82, 2.24) is 5.32 Å². The van der Waals surface area contributed by atoms with E-state index in [0.717, 1.165) is 89.9 Å². The molecule has 1 amide bonds. The van der Waals surface area contributed by atoms with Crippen LogP contribution in [0.1, 0.15) is 245 Å². The zero-order valence-electron chi connectivity index (χ0n) is 54.6. The third kappa shape index (κ3) is 33.9. The lowest BCUT2D eigenvalue weighted by atomic mass is 9.96. The highest BCUT2D eigenvalue weighted by molar-refractivity contribution is 5.76. The molecular weight excluding hydrogens is 1140 g/mol. The van der Waals surface area contributed by atoms with Crippen LogP contribution < -0.4 is 5.32 Å². The van der Waals surface area contributed by atoms with E-state index in [1.54, 1.807) is 6.08 Å². The number of allylic oxidation sites excluding steroid dienone is 9. The van der Waals surface area contributed by atoms with E-state index in [9.17, 15) is 61.0 Å². The van der Waals surface area contributed by atoms with Crippen molar-refractivity contribution in [3.05, 3.63) is 60.8 Å². The van der Waals surface area contributed by atoms with E-state index in [-0.39, 0.29) is 18.9 Å². The second-order valence-corrected chi connectivity index (χ2v) is 25.0. The fraction of sp³-hybridized carbons (Fsp3) is 0.843. The summed E-state index contributed by atoms with van der Waals surface area (Å²) >= 11 is 0. The normalized spacial score (nSPS) is 28.6. The van der Waals surface area contributed by atoms with Crippen LogP contribution in [0.3, 0.4) is 0 Å². The number of hydrogen-bond acceptors (Lipinski definition) is 18. The van der Waals surface area contributed by atoms with Gasteiger partial charge in [-0.15, -0.1) is 0 Å². The molecule has 89 heavy (non-hydrogen) atoms. The predicted octanol–water partition coefficient (Wildman–Crippen LogP) is 9.16. The molecular formula is C70H125NO18. The van der Waals surface area contributed by atoms with Gasteiger partial charge in [-0.3, -0.25) is 4.79 Å². The summed E-state index contributed by atoms with van der Waals surface area (Å²) in [5.41, 5.74) is 0. The SMILES string of the molecule is CC/C=C\C/C=C\C/C=C\C/C=C\CCCCCCCCC(=O)NC(COC1OC(CO)C(OC2OC(CO)C(OC3OC(CO)C(O)C(O)C3O)C(O)C2O)C(O)C1O)C(O)/C=C/CCCCCCCCCCCCCCCCCCCCCCCCC. The maximum absolute atomic E-state index is 13.4. The van der Waals surface area contributed by atoms with Gasteiger partial charge < -0.3 is 89.9 Å². The number of hydrogen-bond donors (Lipinski definition) is 12. The minimum atomic E-state index is -1.98. The molecule has 19 nitrogen and oxygen atoms in total. The van der Waals surface area contributed by atoms with Gasteiger partial charge in [-0.05, 0) is 57.8 Å². The van der Waals surface area contributed by atoms with Gasteiger partial charge >= 0.3 is 0 Å². The maximum atomic E-state index is 13.4. The Kier molecular flexibility index (Phi) is 47.0. The summed E-state index contributed by atoms with van der Waals surface area (Å²) in [4.78, 5) is 13.4. The fourth-order valence-corrected chi connectivity index (χ4v) is 11.7. The van der Waals surface area contributed by atoms with E-state index in [4.69, 9.17) is 28.4 Å². The van der Waals surface area contributed by atoms with E-state index in [1.165, 1.54) is 128 Å². The van der Waals surface area contributed by atoms with Gasteiger partial charge in [0, 0.05) is 6.42 Å². The molecule has 0 aromatic rings. The highest BCUT2D eigenvalue weighted by Gasteiger charge is 2.53. The van der Waals surface area contributed by atoms with E-state index in [0.29, 0.717) is 6.42 Å². The Morgan fingerprint density at radius 3 is 1.21 bits per heavy atom. The molecule has 0 aliphatic carbocycles. The molecule has 17 atom stereocenters. The largest absolute Gasteiger partial charge is 0.394 e. The second-order valence-electron chi connectivity index (χ2n) is 25.0. The van der Waals surface area contributed by atoms with E-state index < -0.39 is 124 Å². The van der Waals surface area contributed by atoms with Crippen molar-refractivity contribution in [2.45, 2.75) is 349 Å². The third-order valence-corrected chi connectivity index (χ3v) is 17.3. The quantitative estimate of drug-likeness (QED) is 0.0199. The molecule has 0 saturated carbocycles. The number of aliphatic hydroxyl groups is 11. The second kappa shape index (κ2) is 51.8. The van der Waals surface area contributed by atoms with Crippen LogP contribution in [0, 0.1) is 0 Å². The standard InChI is InChI=1S/C70H125NO18/c1-3-5-7-9-11-13-15-17-19-21-23-24-25-26-27-28-30-31-33-35-37-39-41-43-45-47-54(75)53(71-58(76)48-46-44-42-40-38-36-34-32-29-22-20-18-16-14-12-10-8-6-4-2)52-84-68-64(82)61(79)66(56(50-73)86-68)89-70-65(83)62(80)67(57(51-74)87-70)88-69-63(81)60(78)59(77)55(49-72)85-69/h6,8,12,14,18,20,29,32,45,47,53-57,59-70,72-75,77-83H,3-5,7,9-11,13,15-17,19,21-28,30-31,33-44,46,48-52H2,1-2H3,(H,71,76)/b8-6-,14-12-,20-18-,32-29-,47-45+. The molecule has 3 fully saturated rings. The van der Waals surface area contributed by atoms with Gasteiger partial charge in [0.2, 0.25) is 5.91 Å². The van der Waals surface area contributed by atoms with Crippen LogP contribution in [0.5, 0.6) is 0 Å². The van der Waals surface area contributed by atoms with Crippen molar-refractivity contribution in [2.24, 2.45) is 0 Å². The molecule has 3 saturated heterocycles. The fourth-order valence-electron chi connectivity index (χ4n) is 11.7. The van der Waals surface area contributed by atoms with Crippen LogP contribution in [-0.2, 0) is 33.2 Å². The highest BCUT2D eigenvalue weighted by Crippen LogP contribution is 2.33. The molecule has 3 aliphatic rings. The van der Waals surface area contributed by atoms with Crippen molar-refractivity contribution >= 4 is 5.91 Å². The number of ether oxygens (including phenoxy) is 6. The molecule has 0 spiro atoms. The van der Waals surface area contributed by atoms with E-state index >= 15 is 0 Å². The smallest absolute Gasteiger partial charge is 0.220 e. The number of carbonyl (C=O) groups is 1. The van der Waals surface area contributed by atoms with Crippen LogP contribution in [0.15, 0.2) is 60.8 Å². The Morgan fingerprint density at radius 1 is 0.416 bits per heavy atom. The molecule has 0 aromatic carbocycles. The number of nitrogens with one attached hydrogen (secondary N) is 1. The first-order chi connectivity index (χ1) is 43.3. The van der Waals surface area contributed by atoms with Gasteiger partial charge in [-0.25, -0.2) is 0 Å². The Balaban J connectivity index is 1.44. The summed E-state index contributed by atoms with van der Waals surface area (Å²) in [7, 11) is 0. The van der Waals surface area contributed by atoms with Crippen molar-refractivity contribution < 1.29 is 89.4 Å². The minimum absolute atomic E-state index is 0.225. The van der Waals surface area contributed by atoms with Crippen molar-refractivity contribution in [1.29, 1.82) is 0 Å². The summed E-state index contributed by atoms with van der Waals surface area (Å²) in [5, 5.41) is 121. The van der Waals surface area contributed by atoms with Crippen LogP contribution in [-0.4, -0.2) is 193 Å². The summed E-state index contributed by atoms with van der Waals surface area (Å²) in [6, 6.07) is -0.984. The van der Waals surface area contributed by atoms with Gasteiger partial charge in [0.15, 0.2) is 18.9 Å². The molecule has 0 bridgehead atoms. The Labute approximate surface area is 535 Å². The van der Waals surface area contributed by atoms with Crippen molar-refractivity contribution in [3.63, 3.8) is 0 Å². The van der Waals surface area contributed by atoms with Crippen LogP contribution in [0.2, 0.25) is 0 Å². The third-order valence-electron chi connectivity index (χ3n) is 17.3. The van der Waals surface area contributed by atoms with E-state index in [2.05, 4.69) is 67.8 Å². The number of rotatable bonds is 53. The number of aliphatic hydroxyl groups excluding tert-OH is 11. The van der Waals surface area contributed by atoms with Crippen LogP contribution in [0.25, 0.3) is 0 Å². The molecule has 3 rings (SSSR count). The lowest BCUT2D eigenvalue weighted by molar-refractivity contribution is -0.379. The van der Waals surface area contributed by atoms with Gasteiger partial charge in [0.1, 0.15) is 73.2 Å². The summed E-state index contributed by atoms with van der Waals surface area (Å²) in [6.07, 6.45) is 36.2. The first kappa shape index (κ1) is 80.7. The zero-order chi connectivity index (χ0) is 64.7. The zero-order valence-corrected chi connectivity index (χ0v) is 54.6. The van der Waals surface area contributed by atoms with E-state index in [1.807, 2.05) is 6.08 Å². The number of carbonyl (C=O) groups excluding carboxylic acids is 1. The average Bonchev–Trinajstić information content (AvgIpc) is 2.46. The van der Waals surface area contributed by atoms with Gasteiger partial charge in [0.25, 0.3) is 0 Å². The molecule has 518 valence electrons. The van der Waals surface area contributed by atoms with Crippen LogP contribution >= 0.6 is 0 Å². The summed E-state index contributed by atoms with van der Waals surface area (Å²) < 4.78 is 34.3. The lowest BCUT2D eigenvalue weighted by Crippen LogP contribution is -2.66. The summed E-state index contributed by atoms with van der Waals surface area (Å²) in [5.74, 6) is -0.290. The highest BCUT2D eigenvalue weighted by atomic mass is 16.8. The minimum Gasteiger partial charge on any atom is -0.394 e. The van der Waals surface area contributed by atoms with Crippen molar-refractivity contribution in [3.8, 4) is 0 Å². The molecule has 3 aliphatic heterocycles. The Morgan fingerprint density at radius 2 is 0.775 bits per heavy atom. The first-order valence-electron chi connectivity index (χ1n) is 35.0. The lowest BCUT2D eigenvalue weighted by Gasteiger charge is -2.48.